The molecule has 6 nitrogen and oxygen atoms in total. The third-order valence-electron chi connectivity index (χ3n) is 6.42. The smallest absolute Gasteiger partial charge is 0.295 e. The predicted molar refractivity (Wildman–Crippen MR) is 143 cm³/mol. The quantitative estimate of drug-likeness (QED) is 0.198. The Morgan fingerprint density at radius 3 is 2.57 bits per heavy atom. The van der Waals surface area contributed by atoms with Crippen LogP contribution in [0.1, 0.15) is 36.6 Å². The molecule has 1 fully saturated rings. The molecule has 0 radical (unpaired) electrons. The van der Waals surface area contributed by atoms with Gasteiger partial charge in [-0.2, -0.15) is 0 Å². The number of carbonyl (C=O) groups is 2. The van der Waals surface area contributed by atoms with Gasteiger partial charge in [0, 0.05) is 24.5 Å². The van der Waals surface area contributed by atoms with Crippen LogP contribution in [0.15, 0.2) is 96.8 Å². The van der Waals surface area contributed by atoms with Crippen LogP contribution in [0, 0.1) is 5.92 Å². The van der Waals surface area contributed by atoms with E-state index in [1.807, 2.05) is 66.7 Å². The first-order valence-electron chi connectivity index (χ1n) is 12.3. The maximum Gasteiger partial charge on any atom is 0.295 e. The number of Topliss-reactive ketones (excluding diaryl/α,β-unsaturated/α-hetero) is 1. The zero-order valence-corrected chi connectivity index (χ0v) is 20.8. The number of hydrogen-bond donors (Lipinski definition) is 1. The van der Waals surface area contributed by atoms with Crippen molar-refractivity contribution < 1.29 is 19.4 Å². The number of aliphatic hydroxyl groups is 1. The van der Waals surface area contributed by atoms with Gasteiger partial charge >= 0.3 is 0 Å². The normalized spacial score (nSPS) is 17.1. The van der Waals surface area contributed by atoms with Gasteiger partial charge in [-0.1, -0.05) is 74.5 Å². The van der Waals surface area contributed by atoms with Crippen LogP contribution in [0.5, 0.6) is 5.75 Å². The van der Waals surface area contributed by atoms with Crippen LogP contribution < -0.4 is 4.74 Å². The van der Waals surface area contributed by atoms with Gasteiger partial charge in [0.25, 0.3) is 11.7 Å². The fourth-order valence-corrected chi connectivity index (χ4v) is 4.69. The summed E-state index contributed by atoms with van der Waals surface area (Å²) < 4.78 is 5.94. The Bertz CT molecular complexity index is 1490. The molecule has 1 atom stereocenters. The van der Waals surface area contributed by atoms with E-state index in [0.717, 1.165) is 16.3 Å². The number of benzene rings is 3. The number of rotatable bonds is 7. The lowest BCUT2D eigenvalue weighted by Gasteiger charge is -2.26. The van der Waals surface area contributed by atoms with Crippen LogP contribution in [-0.2, 0) is 16.1 Å². The van der Waals surface area contributed by atoms with Gasteiger partial charge in [-0.25, -0.2) is 0 Å². The Kier molecular flexibility index (Phi) is 6.73. The summed E-state index contributed by atoms with van der Waals surface area (Å²) in [6, 6.07) is 23.4. The lowest BCUT2D eigenvalue weighted by atomic mass is 9.93. The number of hydrogen-bond acceptors (Lipinski definition) is 5. The lowest BCUT2D eigenvalue weighted by molar-refractivity contribution is -0.140. The number of ketones is 1. The molecule has 1 unspecified atom stereocenters. The summed E-state index contributed by atoms with van der Waals surface area (Å²) in [5.74, 6) is -0.589. The third kappa shape index (κ3) is 4.83. The molecule has 186 valence electrons. The van der Waals surface area contributed by atoms with Crippen molar-refractivity contribution in [2.75, 3.05) is 6.61 Å². The van der Waals surface area contributed by atoms with Gasteiger partial charge < -0.3 is 14.7 Å². The molecule has 1 aliphatic heterocycles. The van der Waals surface area contributed by atoms with Gasteiger partial charge in [-0.05, 0) is 46.0 Å². The minimum atomic E-state index is -0.790. The molecule has 6 heteroatoms. The third-order valence-corrected chi connectivity index (χ3v) is 6.42. The van der Waals surface area contributed by atoms with E-state index < -0.39 is 17.7 Å². The van der Waals surface area contributed by atoms with Gasteiger partial charge in [0.2, 0.25) is 0 Å². The molecule has 0 bridgehead atoms. The molecule has 2 heterocycles. The molecule has 1 saturated heterocycles. The van der Waals surface area contributed by atoms with Crippen LogP contribution in [0.25, 0.3) is 16.5 Å². The Balaban J connectivity index is 1.67. The van der Waals surface area contributed by atoms with Crippen molar-refractivity contribution in [3.63, 3.8) is 0 Å². The number of ether oxygens (including phenoxy) is 1. The number of aliphatic hydroxyl groups excluding tert-OH is 1. The van der Waals surface area contributed by atoms with Crippen molar-refractivity contribution >= 4 is 28.2 Å². The van der Waals surface area contributed by atoms with E-state index in [0.29, 0.717) is 29.4 Å². The largest absolute Gasteiger partial charge is 0.507 e. The summed E-state index contributed by atoms with van der Waals surface area (Å²) in [6.45, 7) is 4.84. The summed E-state index contributed by atoms with van der Waals surface area (Å²) in [5.41, 5.74) is 2.04. The highest BCUT2D eigenvalue weighted by molar-refractivity contribution is 6.46. The number of nitrogens with zero attached hydrogens (tertiary/aromatic N) is 2. The van der Waals surface area contributed by atoms with E-state index in [1.54, 1.807) is 24.5 Å². The molecule has 3 aromatic carbocycles. The summed E-state index contributed by atoms with van der Waals surface area (Å²) in [5, 5.41) is 13.3. The van der Waals surface area contributed by atoms with Crippen molar-refractivity contribution in [3.05, 3.63) is 114 Å². The van der Waals surface area contributed by atoms with Crippen molar-refractivity contribution in [2.24, 2.45) is 5.92 Å². The van der Waals surface area contributed by atoms with E-state index in [4.69, 9.17) is 4.74 Å². The van der Waals surface area contributed by atoms with Gasteiger partial charge in [0.05, 0.1) is 18.2 Å². The fraction of sp³-hybridized carbons (Fsp3) is 0.194. The minimum absolute atomic E-state index is 0.0613. The molecule has 0 saturated carbocycles. The second-order valence-corrected chi connectivity index (χ2v) is 9.59. The Morgan fingerprint density at radius 2 is 1.78 bits per heavy atom. The maximum absolute atomic E-state index is 13.5. The predicted octanol–water partition coefficient (Wildman–Crippen LogP) is 5.89. The number of aromatic nitrogens is 1. The number of fused-ring (bicyclic) bond motifs is 1. The zero-order chi connectivity index (χ0) is 25.9. The molecule has 1 aromatic heterocycles. The summed E-state index contributed by atoms with van der Waals surface area (Å²) in [6.07, 6.45) is 3.33. The molecule has 37 heavy (non-hydrogen) atoms. The average Bonchev–Trinajstić information content (AvgIpc) is 3.17. The second-order valence-electron chi connectivity index (χ2n) is 9.59. The van der Waals surface area contributed by atoms with Gasteiger partial charge in [-0.15, -0.1) is 0 Å². The summed E-state index contributed by atoms with van der Waals surface area (Å²) in [7, 11) is 0. The highest BCUT2D eigenvalue weighted by Crippen LogP contribution is 2.42. The highest BCUT2D eigenvalue weighted by atomic mass is 16.5. The van der Waals surface area contributed by atoms with Crippen LogP contribution >= 0.6 is 0 Å². The van der Waals surface area contributed by atoms with Crippen molar-refractivity contribution in [1.82, 2.24) is 9.88 Å². The lowest BCUT2D eigenvalue weighted by Crippen LogP contribution is -2.29. The van der Waals surface area contributed by atoms with Gasteiger partial charge in [0.1, 0.15) is 11.5 Å². The van der Waals surface area contributed by atoms with Crippen molar-refractivity contribution in [3.8, 4) is 5.75 Å². The number of likely N-dealkylation sites (tertiary alicyclic amines) is 1. The minimum Gasteiger partial charge on any atom is -0.507 e. The highest BCUT2D eigenvalue weighted by Gasteiger charge is 2.46. The maximum atomic E-state index is 13.5. The van der Waals surface area contributed by atoms with Crippen LogP contribution in [0.2, 0.25) is 0 Å². The first kappa shape index (κ1) is 24.3. The standard InChI is InChI=1S/C31H28N2O4/c1-20(2)19-37-24-12-5-11-23(16-24)28-27(29(34)26-14-6-10-22-9-3-4-13-25(22)26)30(35)31(36)33(28)18-21-8-7-15-32-17-21/h3-17,20,28,34H,18-19H2,1-2H3/b29-27-. The van der Waals surface area contributed by atoms with Crippen LogP contribution in [0.3, 0.4) is 0 Å². The van der Waals surface area contributed by atoms with Crippen molar-refractivity contribution in [1.29, 1.82) is 0 Å². The molecule has 5 rings (SSSR count). The molecule has 4 aromatic rings. The second kappa shape index (κ2) is 10.3. The fourth-order valence-electron chi connectivity index (χ4n) is 4.69. The van der Waals surface area contributed by atoms with Crippen molar-refractivity contribution in [2.45, 2.75) is 26.4 Å². The van der Waals surface area contributed by atoms with E-state index in [-0.39, 0.29) is 17.9 Å². The summed E-state index contributed by atoms with van der Waals surface area (Å²) in [4.78, 5) is 32.5. The number of carbonyl (C=O) groups excluding carboxylic acids is 2. The van der Waals surface area contributed by atoms with Crippen LogP contribution in [0.4, 0.5) is 0 Å². The molecular weight excluding hydrogens is 464 g/mol. The average molecular weight is 493 g/mol. The Labute approximate surface area is 215 Å². The molecule has 0 aliphatic carbocycles. The topological polar surface area (TPSA) is 79.7 Å². The van der Waals surface area contributed by atoms with Gasteiger partial charge in [0.15, 0.2) is 0 Å². The SMILES string of the molecule is CC(C)COc1cccc(C2/C(=C(/O)c3cccc4ccccc34)C(=O)C(=O)N2Cc2cccnc2)c1. The monoisotopic (exact) mass is 492 g/mol. The molecule has 1 aliphatic rings. The molecule has 1 amide bonds. The van der Waals surface area contributed by atoms with E-state index in [1.165, 1.54) is 4.90 Å². The van der Waals surface area contributed by atoms with E-state index in [9.17, 15) is 14.7 Å². The zero-order valence-electron chi connectivity index (χ0n) is 20.8. The summed E-state index contributed by atoms with van der Waals surface area (Å²) >= 11 is 0. The Hall–Kier alpha value is -4.45. The number of amides is 1. The molecular formula is C31H28N2O4. The van der Waals surface area contributed by atoms with Gasteiger partial charge in [-0.3, -0.25) is 14.6 Å². The first-order valence-corrected chi connectivity index (χ1v) is 12.3. The molecule has 0 spiro atoms. The van der Waals surface area contributed by atoms with E-state index in [2.05, 4.69) is 18.8 Å². The number of pyridine rings is 1. The Morgan fingerprint density at radius 1 is 1.00 bits per heavy atom. The molecule has 1 N–H and O–H groups in total. The van der Waals surface area contributed by atoms with Crippen LogP contribution in [-0.4, -0.2) is 33.3 Å². The van der Waals surface area contributed by atoms with E-state index >= 15 is 0 Å². The first-order chi connectivity index (χ1) is 17.9.